The van der Waals surface area contributed by atoms with Crippen molar-refractivity contribution in [3.8, 4) is 5.75 Å². The maximum absolute atomic E-state index is 12.1. The predicted molar refractivity (Wildman–Crippen MR) is 77.2 cm³/mol. The Hall–Kier alpha value is -1.88. The van der Waals surface area contributed by atoms with Crippen molar-refractivity contribution in [2.45, 2.75) is 31.1 Å². The summed E-state index contributed by atoms with van der Waals surface area (Å²) in [7, 11) is -3.84. The van der Waals surface area contributed by atoms with Crippen LogP contribution in [0.3, 0.4) is 0 Å². The molecule has 0 spiro atoms. The van der Waals surface area contributed by atoms with Crippen LogP contribution in [0.4, 0.5) is 0 Å². The molecule has 0 unspecified atom stereocenters. The maximum Gasteiger partial charge on any atom is 0.340 e. The van der Waals surface area contributed by atoms with Crippen LogP contribution >= 0.6 is 0 Å². The van der Waals surface area contributed by atoms with E-state index in [0.717, 1.165) is 5.56 Å². The molecule has 0 amide bonds. The molecule has 0 atom stereocenters. The minimum Gasteiger partial charge on any atom is -0.379 e. The summed E-state index contributed by atoms with van der Waals surface area (Å²) in [6.07, 6.45) is 2.78. The summed E-state index contributed by atoms with van der Waals surface area (Å²) in [6.45, 7) is 6.17. The van der Waals surface area contributed by atoms with Gasteiger partial charge >= 0.3 is 10.1 Å². The largest absolute Gasteiger partial charge is 0.379 e. The normalized spacial score (nSPS) is 12.2. The van der Waals surface area contributed by atoms with Gasteiger partial charge in [0.05, 0.1) is 0 Å². The van der Waals surface area contributed by atoms with Gasteiger partial charge in [-0.15, -0.1) is 0 Å². The molecule has 20 heavy (non-hydrogen) atoms. The SMILES string of the molecule is CC(C)(C)c1cccc(OS(=O)(=O)c2cccnc2)c1. The summed E-state index contributed by atoms with van der Waals surface area (Å²) >= 11 is 0. The first-order valence-corrected chi connectivity index (χ1v) is 7.65. The Labute approximate surface area is 119 Å². The number of hydrogen-bond acceptors (Lipinski definition) is 4. The number of rotatable bonds is 3. The van der Waals surface area contributed by atoms with Gasteiger partial charge < -0.3 is 4.18 Å². The predicted octanol–water partition coefficient (Wildman–Crippen LogP) is 3.15. The van der Waals surface area contributed by atoms with Crippen molar-refractivity contribution in [2.24, 2.45) is 0 Å². The quantitative estimate of drug-likeness (QED) is 0.815. The zero-order valence-corrected chi connectivity index (χ0v) is 12.5. The standard InChI is InChI=1S/C15H17NO3S/c1-15(2,3)12-6-4-7-13(10-12)19-20(17,18)14-8-5-9-16-11-14/h4-11H,1-3H3. The van der Waals surface area contributed by atoms with Gasteiger partial charge in [0, 0.05) is 12.4 Å². The first-order valence-electron chi connectivity index (χ1n) is 6.24. The van der Waals surface area contributed by atoms with Crippen molar-refractivity contribution in [3.05, 3.63) is 54.4 Å². The van der Waals surface area contributed by atoms with E-state index in [-0.39, 0.29) is 10.3 Å². The van der Waals surface area contributed by atoms with Crippen LogP contribution in [-0.2, 0) is 15.5 Å². The molecule has 2 rings (SSSR count). The highest BCUT2D eigenvalue weighted by atomic mass is 32.2. The third kappa shape index (κ3) is 3.36. The Morgan fingerprint density at radius 2 is 1.85 bits per heavy atom. The molecule has 2 aromatic rings. The molecule has 0 aliphatic carbocycles. The molecule has 0 aliphatic rings. The van der Waals surface area contributed by atoms with Crippen molar-refractivity contribution in [2.75, 3.05) is 0 Å². The van der Waals surface area contributed by atoms with E-state index in [1.807, 2.05) is 6.07 Å². The maximum atomic E-state index is 12.1. The molecular weight excluding hydrogens is 274 g/mol. The average Bonchev–Trinajstić information content (AvgIpc) is 2.38. The highest BCUT2D eigenvalue weighted by Gasteiger charge is 2.19. The van der Waals surface area contributed by atoms with Crippen molar-refractivity contribution in [1.82, 2.24) is 4.98 Å². The van der Waals surface area contributed by atoms with Gasteiger partial charge in [-0.05, 0) is 35.2 Å². The van der Waals surface area contributed by atoms with E-state index in [2.05, 4.69) is 25.8 Å². The number of nitrogens with zero attached hydrogens (tertiary/aromatic N) is 1. The van der Waals surface area contributed by atoms with Crippen LogP contribution in [0.25, 0.3) is 0 Å². The van der Waals surface area contributed by atoms with Crippen LogP contribution in [0.15, 0.2) is 53.7 Å². The van der Waals surface area contributed by atoms with E-state index in [1.54, 1.807) is 24.3 Å². The van der Waals surface area contributed by atoms with E-state index >= 15 is 0 Å². The fourth-order valence-electron chi connectivity index (χ4n) is 1.68. The molecule has 1 aromatic carbocycles. The summed E-state index contributed by atoms with van der Waals surface area (Å²) in [4.78, 5) is 3.83. The fraction of sp³-hybridized carbons (Fsp3) is 0.267. The minimum atomic E-state index is -3.84. The van der Waals surface area contributed by atoms with Gasteiger partial charge in [-0.25, -0.2) is 0 Å². The van der Waals surface area contributed by atoms with Crippen molar-refractivity contribution < 1.29 is 12.6 Å². The van der Waals surface area contributed by atoms with Crippen LogP contribution in [0.2, 0.25) is 0 Å². The minimum absolute atomic E-state index is 0.0427. The molecular formula is C15H17NO3S. The molecule has 0 aliphatic heterocycles. The zero-order chi connectivity index (χ0) is 14.8. The van der Waals surface area contributed by atoms with Gasteiger partial charge in [0.2, 0.25) is 0 Å². The second-order valence-electron chi connectivity index (χ2n) is 5.50. The number of hydrogen-bond donors (Lipinski definition) is 0. The lowest BCUT2D eigenvalue weighted by molar-refractivity contribution is 0.483. The van der Waals surface area contributed by atoms with E-state index in [4.69, 9.17) is 4.18 Å². The smallest absolute Gasteiger partial charge is 0.340 e. The second-order valence-corrected chi connectivity index (χ2v) is 7.05. The molecule has 0 saturated carbocycles. The number of benzene rings is 1. The third-order valence-electron chi connectivity index (χ3n) is 2.83. The van der Waals surface area contributed by atoms with Crippen LogP contribution in [0, 0.1) is 0 Å². The lowest BCUT2D eigenvalue weighted by Crippen LogP contribution is -2.13. The lowest BCUT2D eigenvalue weighted by Gasteiger charge is -2.19. The van der Waals surface area contributed by atoms with E-state index in [9.17, 15) is 8.42 Å². The van der Waals surface area contributed by atoms with Crippen molar-refractivity contribution in [1.29, 1.82) is 0 Å². The zero-order valence-electron chi connectivity index (χ0n) is 11.7. The summed E-state index contributed by atoms with van der Waals surface area (Å²) in [5.74, 6) is 0.307. The van der Waals surface area contributed by atoms with Gasteiger partial charge in [-0.1, -0.05) is 32.9 Å². The summed E-state index contributed by atoms with van der Waals surface area (Å²) in [5.41, 5.74) is 0.939. The highest BCUT2D eigenvalue weighted by Crippen LogP contribution is 2.27. The monoisotopic (exact) mass is 291 g/mol. The Morgan fingerprint density at radius 3 is 2.45 bits per heavy atom. The molecule has 106 valence electrons. The molecule has 0 radical (unpaired) electrons. The van der Waals surface area contributed by atoms with Gasteiger partial charge in [-0.3, -0.25) is 4.98 Å². The highest BCUT2D eigenvalue weighted by molar-refractivity contribution is 7.87. The summed E-state index contributed by atoms with van der Waals surface area (Å²) in [5, 5.41) is 0. The van der Waals surface area contributed by atoms with Crippen molar-refractivity contribution in [3.63, 3.8) is 0 Å². The number of pyridine rings is 1. The summed E-state index contributed by atoms with van der Waals surface area (Å²) < 4.78 is 29.4. The van der Waals surface area contributed by atoms with Crippen LogP contribution < -0.4 is 4.18 Å². The fourth-order valence-corrected chi connectivity index (χ4v) is 2.57. The topological polar surface area (TPSA) is 56.3 Å². The molecule has 0 N–H and O–H groups in total. The Bertz CT molecular complexity index is 689. The Morgan fingerprint density at radius 1 is 1.10 bits per heavy atom. The van der Waals surface area contributed by atoms with Gasteiger partial charge in [0.1, 0.15) is 10.6 Å². The first kappa shape index (κ1) is 14.5. The lowest BCUT2D eigenvalue weighted by atomic mass is 9.87. The number of aromatic nitrogens is 1. The third-order valence-corrected chi connectivity index (χ3v) is 4.06. The Kier molecular flexibility index (Phi) is 3.81. The molecule has 0 bridgehead atoms. The molecule has 0 saturated heterocycles. The average molecular weight is 291 g/mol. The molecule has 1 aromatic heterocycles. The Balaban J connectivity index is 2.31. The van der Waals surface area contributed by atoms with Gasteiger partial charge in [0.15, 0.2) is 0 Å². The van der Waals surface area contributed by atoms with E-state index in [0.29, 0.717) is 5.75 Å². The summed E-state index contributed by atoms with van der Waals surface area (Å²) in [6, 6.07) is 10.1. The van der Waals surface area contributed by atoms with Crippen LogP contribution in [-0.4, -0.2) is 13.4 Å². The second kappa shape index (κ2) is 5.25. The van der Waals surface area contributed by atoms with Crippen molar-refractivity contribution >= 4 is 10.1 Å². The van der Waals surface area contributed by atoms with E-state index < -0.39 is 10.1 Å². The van der Waals surface area contributed by atoms with E-state index in [1.165, 1.54) is 18.5 Å². The molecule has 4 nitrogen and oxygen atoms in total. The first-order chi connectivity index (χ1) is 9.29. The molecule has 0 fully saturated rings. The molecule has 5 heteroatoms. The molecule has 1 heterocycles. The van der Waals surface area contributed by atoms with Crippen LogP contribution in [0.5, 0.6) is 5.75 Å². The van der Waals surface area contributed by atoms with Gasteiger partial charge in [-0.2, -0.15) is 8.42 Å². The van der Waals surface area contributed by atoms with Gasteiger partial charge in [0.25, 0.3) is 0 Å². The van der Waals surface area contributed by atoms with Crippen LogP contribution in [0.1, 0.15) is 26.3 Å².